The molecule has 3 aromatic heterocycles. The average Bonchev–Trinajstić information content (AvgIpc) is 2.54. The lowest BCUT2D eigenvalue weighted by Gasteiger charge is -2.07. The van der Waals surface area contributed by atoms with Crippen molar-refractivity contribution in [2.75, 3.05) is 17.2 Å². The van der Waals surface area contributed by atoms with E-state index in [1.807, 2.05) is 0 Å². The van der Waals surface area contributed by atoms with Crippen molar-refractivity contribution in [1.29, 1.82) is 0 Å². The fourth-order valence-corrected chi connectivity index (χ4v) is 1.73. The predicted octanol–water partition coefficient (Wildman–Crippen LogP) is 0.865. The summed E-state index contributed by atoms with van der Waals surface area (Å²) in [5.41, 5.74) is 1.63. The highest BCUT2D eigenvalue weighted by molar-refractivity contribution is 5.94. The number of rotatable bonds is 4. The van der Waals surface area contributed by atoms with Crippen LogP contribution in [0.1, 0.15) is 0 Å². The Morgan fingerprint density at radius 1 is 1.10 bits per heavy atom. The lowest BCUT2D eigenvalue weighted by Crippen LogP contribution is -2.22. The standard InChI is InChI=1S/C13H11N7O/c21-10(20-9-2-1-3-14-6-9)7-17-13-11-12(18-8-19-13)16-5-4-15-11/h1-6,8H,7H2,(H,20,21)(H,16,17,18,19). The number of nitrogens with one attached hydrogen (secondary N) is 2. The highest BCUT2D eigenvalue weighted by atomic mass is 16.1. The topological polar surface area (TPSA) is 106 Å². The third-order valence-corrected chi connectivity index (χ3v) is 2.63. The van der Waals surface area contributed by atoms with Gasteiger partial charge in [-0.15, -0.1) is 0 Å². The fraction of sp³-hybridized carbons (Fsp3) is 0.0769. The number of amides is 1. The maximum Gasteiger partial charge on any atom is 0.243 e. The van der Waals surface area contributed by atoms with E-state index in [2.05, 4.69) is 35.6 Å². The summed E-state index contributed by atoms with van der Waals surface area (Å²) < 4.78 is 0. The summed E-state index contributed by atoms with van der Waals surface area (Å²) >= 11 is 0. The molecular weight excluding hydrogens is 270 g/mol. The zero-order chi connectivity index (χ0) is 14.5. The molecule has 3 aromatic rings. The molecule has 2 N–H and O–H groups in total. The Labute approximate surface area is 119 Å². The molecule has 0 radical (unpaired) electrons. The molecule has 0 fully saturated rings. The van der Waals surface area contributed by atoms with Gasteiger partial charge in [0.1, 0.15) is 11.8 Å². The average molecular weight is 281 g/mol. The molecule has 0 unspecified atom stereocenters. The molecule has 3 rings (SSSR count). The zero-order valence-electron chi connectivity index (χ0n) is 10.9. The van der Waals surface area contributed by atoms with Gasteiger partial charge in [0.15, 0.2) is 11.5 Å². The number of aromatic nitrogens is 5. The molecule has 3 heterocycles. The first kappa shape index (κ1) is 12.9. The molecule has 0 aliphatic heterocycles. The highest BCUT2D eigenvalue weighted by Crippen LogP contribution is 2.13. The monoisotopic (exact) mass is 281 g/mol. The van der Waals surface area contributed by atoms with E-state index in [0.29, 0.717) is 22.7 Å². The van der Waals surface area contributed by atoms with Gasteiger partial charge in [-0.05, 0) is 12.1 Å². The van der Waals surface area contributed by atoms with E-state index in [4.69, 9.17) is 0 Å². The van der Waals surface area contributed by atoms with Gasteiger partial charge in [-0.25, -0.2) is 19.9 Å². The number of carbonyl (C=O) groups excluding carboxylic acids is 1. The second-order valence-corrected chi connectivity index (χ2v) is 4.09. The molecule has 8 heteroatoms. The van der Waals surface area contributed by atoms with Crippen molar-refractivity contribution < 1.29 is 4.79 Å². The van der Waals surface area contributed by atoms with Crippen LogP contribution >= 0.6 is 0 Å². The van der Waals surface area contributed by atoms with Crippen molar-refractivity contribution >= 4 is 28.6 Å². The van der Waals surface area contributed by atoms with E-state index in [-0.39, 0.29) is 12.5 Å². The van der Waals surface area contributed by atoms with Crippen LogP contribution in [0.25, 0.3) is 11.2 Å². The summed E-state index contributed by atoms with van der Waals surface area (Å²) in [7, 11) is 0. The molecule has 104 valence electrons. The maximum atomic E-state index is 11.8. The smallest absolute Gasteiger partial charge is 0.243 e. The SMILES string of the molecule is O=C(CNc1ncnc2nccnc12)Nc1cccnc1. The number of hydrogen-bond donors (Lipinski definition) is 2. The number of pyridine rings is 1. The van der Waals surface area contributed by atoms with Gasteiger partial charge in [-0.2, -0.15) is 0 Å². The molecule has 0 aliphatic carbocycles. The second kappa shape index (κ2) is 5.87. The normalized spacial score (nSPS) is 10.3. The minimum absolute atomic E-state index is 0.0532. The number of hydrogen-bond acceptors (Lipinski definition) is 7. The van der Waals surface area contributed by atoms with Crippen LogP contribution in [0, 0.1) is 0 Å². The van der Waals surface area contributed by atoms with Crippen LogP contribution in [0.15, 0.2) is 43.2 Å². The quantitative estimate of drug-likeness (QED) is 0.730. The molecule has 0 bridgehead atoms. The minimum Gasteiger partial charge on any atom is -0.359 e. The Morgan fingerprint density at radius 2 is 2.00 bits per heavy atom. The Kier molecular flexibility index (Phi) is 3.59. The molecule has 0 saturated heterocycles. The van der Waals surface area contributed by atoms with E-state index in [9.17, 15) is 4.79 Å². The number of nitrogens with zero attached hydrogens (tertiary/aromatic N) is 5. The minimum atomic E-state index is -0.210. The lowest BCUT2D eigenvalue weighted by atomic mass is 10.4. The molecule has 0 saturated carbocycles. The summed E-state index contributed by atoms with van der Waals surface area (Å²) in [6, 6.07) is 3.51. The molecule has 1 amide bonds. The van der Waals surface area contributed by atoms with Crippen molar-refractivity contribution in [3.63, 3.8) is 0 Å². The van der Waals surface area contributed by atoms with Crippen molar-refractivity contribution in [3.8, 4) is 0 Å². The molecule has 0 spiro atoms. The summed E-state index contributed by atoms with van der Waals surface area (Å²) in [6.45, 7) is 0.0532. The van der Waals surface area contributed by atoms with Crippen LogP contribution in [-0.4, -0.2) is 37.4 Å². The van der Waals surface area contributed by atoms with Crippen molar-refractivity contribution in [2.24, 2.45) is 0 Å². The second-order valence-electron chi connectivity index (χ2n) is 4.09. The summed E-state index contributed by atoms with van der Waals surface area (Å²) in [5, 5.41) is 5.64. The van der Waals surface area contributed by atoms with Crippen molar-refractivity contribution in [2.45, 2.75) is 0 Å². The van der Waals surface area contributed by atoms with Gasteiger partial charge in [0.05, 0.1) is 18.4 Å². The van der Waals surface area contributed by atoms with Gasteiger partial charge >= 0.3 is 0 Å². The van der Waals surface area contributed by atoms with Crippen LogP contribution in [0.2, 0.25) is 0 Å². The van der Waals surface area contributed by atoms with Crippen LogP contribution in [0.3, 0.4) is 0 Å². The highest BCUT2D eigenvalue weighted by Gasteiger charge is 2.07. The van der Waals surface area contributed by atoms with Gasteiger partial charge in [-0.1, -0.05) is 0 Å². The number of carbonyl (C=O) groups is 1. The van der Waals surface area contributed by atoms with Crippen molar-refractivity contribution in [3.05, 3.63) is 43.2 Å². The van der Waals surface area contributed by atoms with Crippen LogP contribution in [0.5, 0.6) is 0 Å². The number of fused-ring (bicyclic) bond motifs is 1. The zero-order valence-corrected chi connectivity index (χ0v) is 10.9. The first-order valence-electron chi connectivity index (χ1n) is 6.18. The summed E-state index contributed by atoms with van der Waals surface area (Å²) in [5.74, 6) is 0.257. The third-order valence-electron chi connectivity index (χ3n) is 2.63. The van der Waals surface area contributed by atoms with Gasteiger partial charge in [0, 0.05) is 18.6 Å². The van der Waals surface area contributed by atoms with E-state index < -0.39 is 0 Å². The van der Waals surface area contributed by atoms with Gasteiger partial charge in [-0.3, -0.25) is 9.78 Å². The summed E-state index contributed by atoms with van der Waals surface area (Å²) in [4.78, 5) is 32.1. The van der Waals surface area contributed by atoms with E-state index in [0.717, 1.165) is 0 Å². The van der Waals surface area contributed by atoms with Gasteiger partial charge < -0.3 is 10.6 Å². The molecule has 21 heavy (non-hydrogen) atoms. The lowest BCUT2D eigenvalue weighted by molar-refractivity contribution is -0.114. The fourth-order valence-electron chi connectivity index (χ4n) is 1.73. The molecule has 0 atom stereocenters. The first-order chi connectivity index (χ1) is 10.3. The van der Waals surface area contributed by atoms with Crippen LogP contribution in [0.4, 0.5) is 11.5 Å². The largest absolute Gasteiger partial charge is 0.359 e. The molecule has 0 aliphatic rings. The van der Waals surface area contributed by atoms with Crippen molar-refractivity contribution in [1.82, 2.24) is 24.9 Å². The van der Waals surface area contributed by atoms with E-state index in [1.54, 1.807) is 36.9 Å². The van der Waals surface area contributed by atoms with Crippen LogP contribution < -0.4 is 10.6 Å². The van der Waals surface area contributed by atoms with E-state index in [1.165, 1.54) is 6.33 Å². The van der Waals surface area contributed by atoms with Gasteiger partial charge in [0.25, 0.3) is 0 Å². The molecular formula is C13H11N7O. The molecule has 8 nitrogen and oxygen atoms in total. The predicted molar refractivity (Wildman–Crippen MR) is 76.5 cm³/mol. The number of anilines is 2. The Hall–Kier alpha value is -3.16. The Bertz CT molecular complexity index is 757. The third kappa shape index (κ3) is 3.06. The Balaban J connectivity index is 1.68. The van der Waals surface area contributed by atoms with E-state index >= 15 is 0 Å². The van der Waals surface area contributed by atoms with Crippen LogP contribution in [-0.2, 0) is 4.79 Å². The van der Waals surface area contributed by atoms with Gasteiger partial charge in [0.2, 0.25) is 5.91 Å². The molecule has 0 aromatic carbocycles. The maximum absolute atomic E-state index is 11.8. The summed E-state index contributed by atoms with van der Waals surface area (Å²) in [6.07, 6.45) is 7.68. The first-order valence-corrected chi connectivity index (χ1v) is 6.18. The Morgan fingerprint density at radius 3 is 2.86 bits per heavy atom.